The number of hydrogen-bond donors (Lipinski definition) is 1. The van der Waals surface area contributed by atoms with Crippen molar-refractivity contribution in [2.75, 3.05) is 25.6 Å². The molecule has 0 fully saturated rings. The van der Waals surface area contributed by atoms with Crippen LogP contribution in [0.4, 0.5) is 5.69 Å². The summed E-state index contributed by atoms with van der Waals surface area (Å²) >= 11 is 0. The molecule has 20 heavy (non-hydrogen) atoms. The highest BCUT2D eigenvalue weighted by Crippen LogP contribution is 2.21. The zero-order valence-corrected chi connectivity index (χ0v) is 12.2. The number of aromatic nitrogens is 1. The summed E-state index contributed by atoms with van der Waals surface area (Å²) in [5.41, 5.74) is 2.01. The minimum absolute atomic E-state index is 0.673. The Hall–Kier alpha value is -2.01. The summed E-state index contributed by atoms with van der Waals surface area (Å²) in [4.78, 5) is 2.10. The van der Waals surface area contributed by atoms with Gasteiger partial charge < -0.3 is 19.5 Å². The highest BCUT2D eigenvalue weighted by atomic mass is 16.5. The van der Waals surface area contributed by atoms with E-state index in [-0.39, 0.29) is 0 Å². The third-order valence-corrected chi connectivity index (χ3v) is 3.05. The third kappa shape index (κ3) is 3.74. The first-order chi connectivity index (χ1) is 9.72. The van der Waals surface area contributed by atoms with Crippen LogP contribution in [0.2, 0.25) is 0 Å². The van der Waals surface area contributed by atoms with E-state index in [9.17, 15) is 0 Å². The van der Waals surface area contributed by atoms with Crippen LogP contribution >= 0.6 is 0 Å². The lowest BCUT2D eigenvalue weighted by molar-refractivity contribution is 0.375. The van der Waals surface area contributed by atoms with Crippen LogP contribution in [0.1, 0.15) is 18.4 Å². The molecule has 1 aromatic carbocycles. The Morgan fingerprint density at radius 2 is 2.20 bits per heavy atom. The molecule has 0 aliphatic carbocycles. The number of anilines is 1. The number of rotatable bonds is 7. The Bertz CT molecular complexity index is 539. The van der Waals surface area contributed by atoms with Crippen molar-refractivity contribution in [1.29, 1.82) is 0 Å². The van der Waals surface area contributed by atoms with Gasteiger partial charge in [0, 0.05) is 31.4 Å². The molecule has 2 aromatic rings. The normalized spacial score (nSPS) is 10.6. The molecule has 0 saturated heterocycles. The van der Waals surface area contributed by atoms with E-state index in [0.29, 0.717) is 6.54 Å². The van der Waals surface area contributed by atoms with Crippen molar-refractivity contribution in [3.05, 3.63) is 41.8 Å². The van der Waals surface area contributed by atoms with Crippen molar-refractivity contribution in [2.24, 2.45) is 0 Å². The summed E-state index contributed by atoms with van der Waals surface area (Å²) in [6.45, 7) is 4.40. The van der Waals surface area contributed by atoms with Crippen LogP contribution in [-0.4, -0.2) is 25.9 Å². The van der Waals surface area contributed by atoms with Gasteiger partial charge in [-0.1, -0.05) is 18.1 Å². The number of ether oxygens (including phenoxy) is 1. The van der Waals surface area contributed by atoms with Gasteiger partial charge in [0.05, 0.1) is 19.3 Å². The molecular formula is C15H21N3O2. The molecule has 1 aromatic heterocycles. The highest BCUT2D eigenvalue weighted by Gasteiger charge is 2.08. The quantitative estimate of drug-likeness (QED) is 0.841. The van der Waals surface area contributed by atoms with Crippen LogP contribution < -0.4 is 15.0 Å². The van der Waals surface area contributed by atoms with Gasteiger partial charge in [0.15, 0.2) is 5.76 Å². The smallest absolute Gasteiger partial charge is 0.156 e. The topological polar surface area (TPSA) is 50.5 Å². The summed E-state index contributed by atoms with van der Waals surface area (Å²) in [6.07, 6.45) is 0. The zero-order valence-electron chi connectivity index (χ0n) is 12.2. The predicted molar refractivity (Wildman–Crippen MR) is 79.0 cm³/mol. The summed E-state index contributed by atoms with van der Waals surface area (Å²) in [7, 11) is 3.68. The van der Waals surface area contributed by atoms with Gasteiger partial charge in [-0.05, 0) is 18.7 Å². The van der Waals surface area contributed by atoms with E-state index in [2.05, 4.69) is 22.3 Å². The van der Waals surface area contributed by atoms with Gasteiger partial charge in [-0.3, -0.25) is 0 Å². The zero-order chi connectivity index (χ0) is 14.4. The van der Waals surface area contributed by atoms with Gasteiger partial charge in [-0.15, -0.1) is 0 Å². The molecule has 0 spiro atoms. The molecule has 108 valence electrons. The van der Waals surface area contributed by atoms with Crippen LogP contribution in [0, 0.1) is 0 Å². The lowest BCUT2D eigenvalue weighted by Crippen LogP contribution is -2.16. The van der Waals surface area contributed by atoms with Gasteiger partial charge >= 0.3 is 0 Å². The fraction of sp³-hybridized carbons (Fsp3) is 0.400. The summed E-state index contributed by atoms with van der Waals surface area (Å²) in [6, 6.07) is 9.93. The van der Waals surface area contributed by atoms with Gasteiger partial charge in [0.1, 0.15) is 5.75 Å². The first-order valence-electron chi connectivity index (χ1n) is 6.73. The molecule has 5 nitrogen and oxygen atoms in total. The number of benzene rings is 1. The standard InChI is InChI=1S/C15H21N3O2/c1-4-16-10-12-8-15(20-17-12)11-18(2)13-6-5-7-14(9-13)19-3/h5-9,16H,4,10-11H2,1-3H3. The minimum atomic E-state index is 0.673. The van der Waals surface area contributed by atoms with E-state index in [0.717, 1.165) is 36.0 Å². The Morgan fingerprint density at radius 1 is 1.35 bits per heavy atom. The largest absolute Gasteiger partial charge is 0.497 e. The molecule has 1 N–H and O–H groups in total. The molecule has 0 radical (unpaired) electrons. The van der Waals surface area contributed by atoms with Crippen molar-refractivity contribution in [2.45, 2.75) is 20.0 Å². The Kier molecular flexibility index (Phi) is 5.01. The van der Waals surface area contributed by atoms with E-state index in [1.807, 2.05) is 37.4 Å². The van der Waals surface area contributed by atoms with Crippen LogP contribution in [0.15, 0.2) is 34.9 Å². The monoisotopic (exact) mass is 275 g/mol. The lowest BCUT2D eigenvalue weighted by atomic mass is 10.2. The van der Waals surface area contributed by atoms with E-state index in [1.54, 1.807) is 7.11 Å². The molecule has 2 rings (SSSR count). The third-order valence-electron chi connectivity index (χ3n) is 3.05. The lowest BCUT2D eigenvalue weighted by Gasteiger charge is -2.18. The van der Waals surface area contributed by atoms with Crippen LogP contribution in [0.5, 0.6) is 5.75 Å². The number of hydrogen-bond acceptors (Lipinski definition) is 5. The van der Waals surface area contributed by atoms with Crippen molar-refractivity contribution < 1.29 is 9.26 Å². The fourth-order valence-corrected chi connectivity index (χ4v) is 1.94. The molecular weight excluding hydrogens is 254 g/mol. The maximum atomic E-state index is 5.35. The van der Waals surface area contributed by atoms with Gasteiger partial charge in [0.2, 0.25) is 0 Å². The predicted octanol–water partition coefficient (Wildman–Crippen LogP) is 2.43. The molecule has 0 saturated carbocycles. The first-order valence-corrected chi connectivity index (χ1v) is 6.73. The molecule has 0 aliphatic heterocycles. The van der Waals surface area contributed by atoms with Crippen LogP contribution in [-0.2, 0) is 13.1 Å². The van der Waals surface area contributed by atoms with E-state index in [1.165, 1.54) is 0 Å². The average Bonchev–Trinajstić information content (AvgIpc) is 2.92. The maximum Gasteiger partial charge on any atom is 0.156 e. The molecule has 0 amide bonds. The van der Waals surface area contributed by atoms with Gasteiger partial charge in [0.25, 0.3) is 0 Å². The Morgan fingerprint density at radius 3 is 2.95 bits per heavy atom. The second-order valence-corrected chi connectivity index (χ2v) is 4.62. The number of nitrogens with one attached hydrogen (secondary N) is 1. The van der Waals surface area contributed by atoms with Crippen molar-refractivity contribution >= 4 is 5.69 Å². The van der Waals surface area contributed by atoms with Crippen LogP contribution in [0.3, 0.4) is 0 Å². The summed E-state index contributed by atoms with van der Waals surface area (Å²) in [5, 5.41) is 7.27. The summed E-state index contributed by atoms with van der Waals surface area (Å²) in [5.74, 6) is 1.70. The SMILES string of the molecule is CCNCc1cc(CN(C)c2cccc(OC)c2)on1. The van der Waals surface area contributed by atoms with Crippen molar-refractivity contribution in [3.63, 3.8) is 0 Å². The van der Waals surface area contributed by atoms with E-state index >= 15 is 0 Å². The van der Waals surface area contributed by atoms with Crippen molar-refractivity contribution in [3.8, 4) is 5.75 Å². The minimum Gasteiger partial charge on any atom is -0.497 e. The maximum absolute atomic E-state index is 5.35. The van der Waals surface area contributed by atoms with E-state index < -0.39 is 0 Å². The second-order valence-electron chi connectivity index (χ2n) is 4.62. The average molecular weight is 275 g/mol. The highest BCUT2D eigenvalue weighted by molar-refractivity contribution is 5.50. The van der Waals surface area contributed by atoms with E-state index in [4.69, 9.17) is 9.26 Å². The molecule has 5 heteroatoms. The summed E-state index contributed by atoms with van der Waals surface area (Å²) < 4.78 is 10.6. The van der Waals surface area contributed by atoms with Gasteiger partial charge in [-0.2, -0.15) is 0 Å². The van der Waals surface area contributed by atoms with Crippen molar-refractivity contribution in [1.82, 2.24) is 10.5 Å². The van der Waals surface area contributed by atoms with Gasteiger partial charge in [-0.25, -0.2) is 0 Å². The Labute approximate surface area is 119 Å². The Balaban J connectivity index is 1.99. The molecule has 0 bridgehead atoms. The first kappa shape index (κ1) is 14.4. The van der Waals surface area contributed by atoms with Crippen LogP contribution in [0.25, 0.3) is 0 Å². The molecule has 0 aliphatic rings. The number of nitrogens with zero attached hydrogens (tertiary/aromatic N) is 2. The fourth-order valence-electron chi connectivity index (χ4n) is 1.94. The second kappa shape index (κ2) is 6.96. The molecule has 0 atom stereocenters. The molecule has 0 unspecified atom stereocenters. The number of methoxy groups -OCH3 is 1. The molecule has 1 heterocycles.